The van der Waals surface area contributed by atoms with Gasteiger partial charge in [-0.1, -0.05) is 174 Å². The fraction of sp³-hybridized carbons (Fsp3) is 0.824. The maximum absolute atomic E-state index is 11.9. The number of aliphatic hydroxyl groups is 1. The maximum atomic E-state index is 11.9. The number of unbranched alkanes of at least 4 members (excludes halogenated alkanes) is 1. The van der Waals surface area contributed by atoms with Crippen molar-refractivity contribution in [2.24, 2.45) is 5.92 Å². The van der Waals surface area contributed by atoms with Gasteiger partial charge in [0, 0.05) is 25.6 Å². The van der Waals surface area contributed by atoms with Crippen LogP contribution in [0.1, 0.15) is 194 Å². The standard InChI is InChI=1S/C68H132O10Si5/c1-33-35-36-57(69)58(75-80(25,26)64(9,10)11)43-41-56(74-79(23,24)63(6,7)8)47-55-42-44-61(77-82(29,30)66(15,16)17)68(71-22,73-55)62(78-83(31,32)67(18,19)20)46-50(3)45-52(5)59(72-49-53-37-39-54(70-21)40-38-53)48-60(51(4)34-2)76-81(27,28)65(12,13)14/h34,37-40,45,52,55-62,69H,2,4,33,35-36,41-44,46-49H2,1,3,5-32H3/b50-45+/t52-,55+,56-,57+,58+,59+,60-,61+,62+,68?/m0/s1. The van der Waals surface area contributed by atoms with E-state index in [1.54, 1.807) is 7.11 Å². The third-order valence-corrected chi connectivity index (χ3v) is 43.0. The molecule has 1 heterocycles. The molecule has 0 aliphatic carbocycles. The van der Waals surface area contributed by atoms with Crippen molar-refractivity contribution in [2.45, 2.75) is 341 Å². The molecule has 0 amide bonds. The molecule has 1 unspecified atom stereocenters. The van der Waals surface area contributed by atoms with Crippen LogP contribution in [0.3, 0.4) is 0 Å². The Balaban J connectivity index is 2.97. The zero-order valence-corrected chi connectivity index (χ0v) is 64.5. The van der Waals surface area contributed by atoms with Gasteiger partial charge in [-0.15, -0.1) is 0 Å². The van der Waals surface area contributed by atoms with E-state index in [2.05, 4.69) is 221 Å². The molecule has 484 valence electrons. The minimum Gasteiger partial charge on any atom is -0.497 e. The first-order valence-electron chi connectivity index (χ1n) is 32.0. The van der Waals surface area contributed by atoms with E-state index >= 15 is 0 Å². The molecule has 0 spiro atoms. The predicted molar refractivity (Wildman–Crippen MR) is 367 cm³/mol. The highest BCUT2D eigenvalue weighted by atomic mass is 28.4. The number of aliphatic hydroxyl groups excluding tert-OH is 1. The van der Waals surface area contributed by atoms with Gasteiger partial charge in [-0.3, -0.25) is 0 Å². The van der Waals surface area contributed by atoms with Crippen LogP contribution in [-0.2, 0) is 42.9 Å². The Kier molecular flexibility index (Phi) is 28.8. The van der Waals surface area contributed by atoms with Crippen LogP contribution in [0.2, 0.25) is 90.7 Å². The number of benzene rings is 1. The fourth-order valence-electron chi connectivity index (χ4n) is 9.54. The summed E-state index contributed by atoms with van der Waals surface area (Å²) in [5.74, 6) is -0.502. The maximum Gasteiger partial charge on any atom is 0.219 e. The van der Waals surface area contributed by atoms with Gasteiger partial charge in [0.2, 0.25) is 5.79 Å². The monoisotopic (exact) mass is 1250 g/mol. The van der Waals surface area contributed by atoms with Gasteiger partial charge in [-0.05, 0) is 166 Å². The summed E-state index contributed by atoms with van der Waals surface area (Å²) in [4.78, 5) is 0. The van der Waals surface area contributed by atoms with E-state index in [1.165, 1.54) is 0 Å². The molecule has 83 heavy (non-hydrogen) atoms. The summed E-state index contributed by atoms with van der Waals surface area (Å²) in [6.07, 6.45) is 9.07. The average molecular weight is 1250 g/mol. The topological polar surface area (TPSA) is 103 Å². The highest BCUT2D eigenvalue weighted by molar-refractivity contribution is 6.75. The summed E-state index contributed by atoms with van der Waals surface area (Å²) in [7, 11) is -8.24. The van der Waals surface area contributed by atoms with E-state index in [-0.39, 0.29) is 61.6 Å². The van der Waals surface area contributed by atoms with Crippen molar-refractivity contribution in [3.63, 3.8) is 0 Å². The van der Waals surface area contributed by atoms with E-state index < -0.39 is 65.7 Å². The first-order valence-corrected chi connectivity index (χ1v) is 46.5. The van der Waals surface area contributed by atoms with E-state index in [4.69, 9.17) is 41.1 Å². The number of hydrogen-bond acceptors (Lipinski definition) is 10. The fourth-order valence-corrected chi connectivity index (χ4v) is 16.3. The van der Waals surface area contributed by atoms with Gasteiger partial charge in [0.25, 0.3) is 0 Å². The Morgan fingerprint density at radius 2 is 1.18 bits per heavy atom. The Bertz CT molecular complexity index is 2160. The number of ether oxygens (including phenoxy) is 4. The Morgan fingerprint density at radius 3 is 1.65 bits per heavy atom. The molecule has 0 aromatic heterocycles. The summed E-state index contributed by atoms with van der Waals surface area (Å²) in [5, 5.41) is 11.7. The lowest BCUT2D eigenvalue weighted by molar-refractivity contribution is -0.342. The van der Waals surface area contributed by atoms with Crippen LogP contribution in [0, 0.1) is 5.92 Å². The van der Waals surface area contributed by atoms with Gasteiger partial charge in [-0.25, -0.2) is 0 Å². The van der Waals surface area contributed by atoms with Crippen LogP contribution >= 0.6 is 0 Å². The van der Waals surface area contributed by atoms with Crippen molar-refractivity contribution in [3.05, 3.63) is 66.3 Å². The first-order chi connectivity index (χ1) is 37.5. The van der Waals surface area contributed by atoms with Crippen molar-refractivity contribution in [3.8, 4) is 5.75 Å². The number of methoxy groups -OCH3 is 2. The summed E-state index contributed by atoms with van der Waals surface area (Å²) < 4.78 is 64.9. The quantitative estimate of drug-likeness (QED) is 0.0416. The van der Waals surface area contributed by atoms with Gasteiger partial charge in [0.15, 0.2) is 41.6 Å². The molecule has 1 aromatic carbocycles. The normalized spacial score (nSPS) is 21.5. The Morgan fingerprint density at radius 1 is 0.687 bits per heavy atom. The Labute approximate surface area is 517 Å². The molecule has 1 saturated heterocycles. The lowest BCUT2D eigenvalue weighted by Crippen LogP contribution is -2.66. The largest absolute Gasteiger partial charge is 0.497 e. The van der Waals surface area contributed by atoms with Crippen molar-refractivity contribution >= 4 is 41.6 Å². The highest BCUT2D eigenvalue weighted by Gasteiger charge is 2.58. The van der Waals surface area contributed by atoms with Crippen LogP contribution in [0.4, 0.5) is 0 Å². The van der Waals surface area contributed by atoms with E-state index in [0.717, 1.165) is 61.0 Å². The smallest absolute Gasteiger partial charge is 0.219 e. The molecular formula is C68H132O10Si5. The highest BCUT2D eigenvalue weighted by Crippen LogP contribution is 2.49. The minimum absolute atomic E-state index is 0.000795. The zero-order chi connectivity index (χ0) is 64.4. The zero-order valence-electron chi connectivity index (χ0n) is 59.5. The van der Waals surface area contributed by atoms with E-state index in [9.17, 15) is 5.11 Å². The van der Waals surface area contributed by atoms with Crippen molar-refractivity contribution < 1.29 is 46.2 Å². The molecule has 10 atom stereocenters. The molecule has 0 bridgehead atoms. The van der Waals surface area contributed by atoms with Crippen molar-refractivity contribution in [1.29, 1.82) is 0 Å². The molecule has 1 N–H and O–H groups in total. The Hall–Kier alpha value is -1.04. The van der Waals surface area contributed by atoms with E-state index in [1.807, 2.05) is 25.3 Å². The van der Waals surface area contributed by atoms with Crippen LogP contribution in [0.5, 0.6) is 5.75 Å². The van der Waals surface area contributed by atoms with Gasteiger partial charge in [0.05, 0.1) is 44.2 Å². The molecule has 10 nitrogen and oxygen atoms in total. The molecule has 15 heteroatoms. The van der Waals surface area contributed by atoms with E-state index in [0.29, 0.717) is 32.3 Å². The lowest BCUT2D eigenvalue weighted by atomic mass is 9.87. The summed E-state index contributed by atoms with van der Waals surface area (Å²) in [6, 6.07) is 8.12. The van der Waals surface area contributed by atoms with Crippen LogP contribution in [0.15, 0.2) is 60.7 Å². The second kappa shape index (κ2) is 30.7. The van der Waals surface area contributed by atoms with Crippen molar-refractivity contribution in [1.82, 2.24) is 0 Å². The third-order valence-electron chi connectivity index (χ3n) is 20.5. The molecule has 1 aliphatic heterocycles. The van der Waals surface area contributed by atoms with Gasteiger partial charge in [0.1, 0.15) is 18.0 Å². The molecule has 0 saturated carbocycles. The lowest BCUT2D eigenvalue weighted by Gasteiger charge is -2.54. The number of hydrogen-bond donors (Lipinski definition) is 1. The summed E-state index contributed by atoms with van der Waals surface area (Å²) >= 11 is 0. The number of rotatable bonds is 33. The molecule has 2 rings (SSSR count). The SMILES string of the molecule is C=CC(=C)[C@H](C[C@@H](OCc1ccc(OC)cc1)[C@@H](C)/C=C(\C)C[C@@H](O[Si](C)(C)C(C)(C)C)C1(OC)O[C@@H](C[C@H](CC[C@@H](O[Si](C)(C)C(C)(C)C)[C@H](O)CCCC)O[Si](C)(C)C(C)(C)C)CC[C@H]1O[Si](C)(C)C(C)(C)C)O[Si](C)(C)C(C)(C)C. The molecule has 0 radical (unpaired) electrons. The molecule has 1 aromatic rings. The molecule has 1 aliphatic rings. The minimum atomic E-state index is -2.54. The predicted octanol–water partition coefficient (Wildman–Crippen LogP) is 19.9. The van der Waals surface area contributed by atoms with Crippen molar-refractivity contribution in [2.75, 3.05) is 14.2 Å². The van der Waals surface area contributed by atoms with Crippen LogP contribution in [0.25, 0.3) is 0 Å². The van der Waals surface area contributed by atoms with Crippen LogP contribution < -0.4 is 4.74 Å². The summed E-state index contributed by atoms with van der Waals surface area (Å²) in [5.41, 5.74) is 3.09. The summed E-state index contributed by atoms with van der Waals surface area (Å²) in [6.45, 7) is 73.5. The first kappa shape index (κ1) is 78.1. The average Bonchev–Trinajstić information content (AvgIpc) is 3.03. The van der Waals surface area contributed by atoms with Gasteiger partial charge in [-0.2, -0.15) is 0 Å². The van der Waals surface area contributed by atoms with Crippen LogP contribution in [-0.4, -0.2) is 116 Å². The second-order valence-electron chi connectivity index (χ2n) is 32.6. The second-order valence-corrected chi connectivity index (χ2v) is 56.4. The molecular weight excluding hydrogens is 1120 g/mol. The molecule has 1 fully saturated rings. The third kappa shape index (κ3) is 22.4. The van der Waals surface area contributed by atoms with Gasteiger partial charge >= 0.3 is 0 Å². The van der Waals surface area contributed by atoms with Gasteiger partial charge < -0.3 is 46.2 Å².